The van der Waals surface area contributed by atoms with Crippen LogP contribution >= 0.6 is 0 Å². The molecule has 2 aromatic rings. The Bertz CT molecular complexity index is 463. The molecule has 0 saturated carbocycles. The quantitative estimate of drug-likeness (QED) is 0.843. The van der Waals surface area contributed by atoms with Crippen LogP contribution in [0.1, 0.15) is 6.92 Å². The van der Waals surface area contributed by atoms with Crippen molar-refractivity contribution in [1.82, 2.24) is 9.38 Å². The number of pyridine rings is 1. The molecule has 0 radical (unpaired) electrons. The van der Waals surface area contributed by atoms with Gasteiger partial charge in [-0.15, -0.1) is 0 Å². The number of hydrogen-bond donors (Lipinski definition) is 1. The Balaban J connectivity index is 2.28. The zero-order chi connectivity index (χ0) is 11.5. The molecule has 0 aliphatic heterocycles. The minimum Gasteiger partial charge on any atom is -0.360 e. The molecule has 16 heavy (non-hydrogen) atoms. The predicted molar refractivity (Wildman–Crippen MR) is 66.7 cm³/mol. The minimum absolute atomic E-state index is 0.490. The van der Waals surface area contributed by atoms with Crippen molar-refractivity contribution in [3.05, 3.63) is 30.6 Å². The lowest BCUT2D eigenvalue weighted by atomic mass is 10.2. The third kappa shape index (κ3) is 2.02. The highest BCUT2D eigenvalue weighted by molar-refractivity contribution is 5.51. The summed E-state index contributed by atoms with van der Waals surface area (Å²) in [5.74, 6) is 1.64. The van der Waals surface area contributed by atoms with Crippen LogP contribution in [0.25, 0.3) is 5.65 Å². The van der Waals surface area contributed by atoms with E-state index in [0.29, 0.717) is 12.5 Å². The van der Waals surface area contributed by atoms with E-state index in [4.69, 9.17) is 5.73 Å². The van der Waals surface area contributed by atoms with E-state index in [-0.39, 0.29) is 0 Å². The van der Waals surface area contributed by atoms with E-state index in [1.54, 1.807) is 0 Å². The Morgan fingerprint density at radius 2 is 2.31 bits per heavy atom. The number of hydrogen-bond acceptors (Lipinski definition) is 3. The molecule has 0 spiro atoms. The third-order valence-electron chi connectivity index (χ3n) is 2.79. The van der Waals surface area contributed by atoms with E-state index in [0.717, 1.165) is 18.0 Å². The highest BCUT2D eigenvalue weighted by Crippen LogP contribution is 2.15. The fraction of sp³-hybridized carbons (Fsp3) is 0.417. The Hall–Kier alpha value is -1.55. The Morgan fingerprint density at radius 3 is 3.06 bits per heavy atom. The summed E-state index contributed by atoms with van der Waals surface area (Å²) in [6.07, 6.45) is 3.80. The van der Waals surface area contributed by atoms with Crippen LogP contribution in [-0.2, 0) is 0 Å². The van der Waals surface area contributed by atoms with Crippen molar-refractivity contribution < 1.29 is 0 Å². The maximum atomic E-state index is 5.65. The van der Waals surface area contributed by atoms with Gasteiger partial charge < -0.3 is 10.6 Å². The number of nitrogens with two attached hydrogens (primary N) is 1. The van der Waals surface area contributed by atoms with Crippen LogP contribution in [0.3, 0.4) is 0 Å². The molecule has 0 fully saturated rings. The van der Waals surface area contributed by atoms with Gasteiger partial charge in [-0.3, -0.25) is 4.40 Å². The molecular weight excluding hydrogens is 200 g/mol. The first kappa shape index (κ1) is 11.0. The van der Waals surface area contributed by atoms with Crippen LogP contribution in [0.4, 0.5) is 5.82 Å². The van der Waals surface area contributed by atoms with Crippen molar-refractivity contribution in [2.75, 3.05) is 25.0 Å². The first-order valence-corrected chi connectivity index (χ1v) is 5.55. The van der Waals surface area contributed by atoms with Crippen LogP contribution in [0.15, 0.2) is 30.6 Å². The van der Waals surface area contributed by atoms with Gasteiger partial charge in [-0.1, -0.05) is 13.0 Å². The number of nitrogens with zero attached hydrogens (tertiary/aromatic N) is 3. The lowest BCUT2D eigenvalue weighted by molar-refractivity contribution is 0.586. The zero-order valence-corrected chi connectivity index (χ0v) is 9.80. The van der Waals surface area contributed by atoms with E-state index in [9.17, 15) is 0 Å². The van der Waals surface area contributed by atoms with Crippen molar-refractivity contribution in [2.24, 2.45) is 11.7 Å². The van der Waals surface area contributed by atoms with Crippen molar-refractivity contribution >= 4 is 11.5 Å². The van der Waals surface area contributed by atoms with Gasteiger partial charge >= 0.3 is 0 Å². The van der Waals surface area contributed by atoms with Gasteiger partial charge in [-0.2, -0.15) is 0 Å². The fourth-order valence-electron chi connectivity index (χ4n) is 1.88. The maximum absolute atomic E-state index is 5.65. The highest BCUT2D eigenvalue weighted by atomic mass is 15.2. The average Bonchev–Trinajstić information content (AvgIpc) is 2.76. The van der Waals surface area contributed by atoms with Gasteiger partial charge in [0.25, 0.3) is 0 Å². The standard InChI is InChI=1S/C12H18N4/c1-10(8-13)9-15(2)12-5-3-4-11-14-6-7-16(11)12/h3-7,10H,8-9,13H2,1-2H3. The van der Waals surface area contributed by atoms with E-state index < -0.39 is 0 Å². The molecule has 2 N–H and O–H groups in total. The van der Waals surface area contributed by atoms with Crippen LogP contribution in [0.5, 0.6) is 0 Å². The smallest absolute Gasteiger partial charge is 0.138 e. The summed E-state index contributed by atoms with van der Waals surface area (Å²) in [5, 5.41) is 0. The van der Waals surface area contributed by atoms with Crippen molar-refractivity contribution in [1.29, 1.82) is 0 Å². The fourth-order valence-corrected chi connectivity index (χ4v) is 1.88. The summed E-state index contributed by atoms with van der Waals surface area (Å²) in [7, 11) is 2.08. The molecule has 1 atom stereocenters. The van der Waals surface area contributed by atoms with Crippen molar-refractivity contribution in [3.8, 4) is 0 Å². The largest absolute Gasteiger partial charge is 0.360 e. The molecule has 0 saturated heterocycles. The maximum Gasteiger partial charge on any atom is 0.138 e. The third-order valence-corrected chi connectivity index (χ3v) is 2.79. The van der Waals surface area contributed by atoms with Crippen molar-refractivity contribution in [3.63, 3.8) is 0 Å². The van der Waals surface area contributed by atoms with Gasteiger partial charge in [0.2, 0.25) is 0 Å². The summed E-state index contributed by atoms with van der Waals surface area (Å²) in [5.41, 5.74) is 6.62. The number of rotatable bonds is 4. The second-order valence-corrected chi connectivity index (χ2v) is 4.26. The SMILES string of the molecule is CC(CN)CN(C)c1cccc2nccn12. The molecule has 1 unspecified atom stereocenters. The molecule has 0 aliphatic carbocycles. The van der Waals surface area contributed by atoms with Gasteiger partial charge in [-0.25, -0.2) is 4.98 Å². The topological polar surface area (TPSA) is 46.6 Å². The molecule has 4 heteroatoms. The number of aromatic nitrogens is 2. The molecule has 0 aromatic carbocycles. The van der Waals surface area contributed by atoms with Gasteiger partial charge in [0.1, 0.15) is 11.5 Å². The lowest BCUT2D eigenvalue weighted by Gasteiger charge is -2.23. The van der Waals surface area contributed by atoms with Crippen LogP contribution in [0, 0.1) is 5.92 Å². The van der Waals surface area contributed by atoms with Crippen LogP contribution < -0.4 is 10.6 Å². The summed E-state index contributed by atoms with van der Waals surface area (Å²) >= 11 is 0. The molecule has 2 heterocycles. The van der Waals surface area contributed by atoms with Gasteiger partial charge in [0.05, 0.1) is 0 Å². The van der Waals surface area contributed by atoms with Gasteiger partial charge in [0.15, 0.2) is 0 Å². The molecule has 0 amide bonds. The minimum atomic E-state index is 0.490. The molecular formula is C12H18N4. The molecule has 2 aromatic heterocycles. The monoisotopic (exact) mass is 218 g/mol. The number of anilines is 1. The number of fused-ring (bicyclic) bond motifs is 1. The molecule has 86 valence electrons. The Morgan fingerprint density at radius 1 is 1.50 bits per heavy atom. The second-order valence-electron chi connectivity index (χ2n) is 4.26. The summed E-state index contributed by atoms with van der Waals surface area (Å²) in [4.78, 5) is 6.49. The average molecular weight is 218 g/mol. The van der Waals surface area contributed by atoms with E-state index in [1.165, 1.54) is 0 Å². The molecule has 0 aliphatic rings. The highest BCUT2D eigenvalue weighted by Gasteiger charge is 2.08. The predicted octanol–water partition coefficient (Wildman–Crippen LogP) is 1.37. The van der Waals surface area contributed by atoms with Crippen LogP contribution in [-0.4, -0.2) is 29.5 Å². The van der Waals surface area contributed by atoms with E-state index in [1.807, 2.05) is 24.5 Å². The van der Waals surface area contributed by atoms with Gasteiger partial charge in [-0.05, 0) is 24.6 Å². The van der Waals surface area contributed by atoms with Crippen LogP contribution in [0.2, 0.25) is 0 Å². The second kappa shape index (κ2) is 4.53. The summed E-state index contributed by atoms with van der Waals surface area (Å²) in [6.45, 7) is 3.82. The Kier molecular flexibility index (Phi) is 3.10. The molecule has 2 rings (SSSR count). The first-order valence-electron chi connectivity index (χ1n) is 5.55. The van der Waals surface area contributed by atoms with E-state index >= 15 is 0 Å². The Labute approximate surface area is 95.7 Å². The lowest BCUT2D eigenvalue weighted by Crippen LogP contribution is -2.29. The first-order chi connectivity index (χ1) is 7.72. The molecule has 0 bridgehead atoms. The molecule has 4 nitrogen and oxygen atoms in total. The van der Waals surface area contributed by atoms with E-state index in [2.05, 4.69) is 34.3 Å². The van der Waals surface area contributed by atoms with Crippen molar-refractivity contribution in [2.45, 2.75) is 6.92 Å². The zero-order valence-electron chi connectivity index (χ0n) is 9.80. The summed E-state index contributed by atoms with van der Waals surface area (Å²) in [6, 6.07) is 6.13. The summed E-state index contributed by atoms with van der Waals surface area (Å²) < 4.78 is 2.09. The number of imidazole rings is 1. The normalized spacial score (nSPS) is 12.9. The van der Waals surface area contributed by atoms with Gasteiger partial charge in [0, 0.05) is 26.0 Å².